The maximum atomic E-state index is 12.5. The zero-order valence-corrected chi connectivity index (χ0v) is 17.2. The molecule has 0 heterocycles. The van der Waals surface area contributed by atoms with Gasteiger partial charge in [-0.2, -0.15) is 5.26 Å². The molecule has 0 radical (unpaired) electrons. The normalized spacial score (nSPS) is 11.0. The van der Waals surface area contributed by atoms with Crippen LogP contribution in [0.3, 0.4) is 0 Å². The van der Waals surface area contributed by atoms with Crippen molar-refractivity contribution in [2.45, 2.75) is 32.6 Å². The van der Waals surface area contributed by atoms with E-state index < -0.39 is 5.91 Å². The molecule has 0 aliphatic carbocycles. The fraction of sp³-hybridized carbons (Fsp3) is 0.273. The first-order chi connectivity index (χ1) is 13.5. The van der Waals surface area contributed by atoms with Crippen molar-refractivity contribution in [3.8, 4) is 11.8 Å². The Morgan fingerprint density at radius 2 is 1.82 bits per heavy atom. The summed E-state index contributed by atoms with van der Waals surface area (Å²) in [7, 11) is 0. The second-order valence-corrected chi connectivity index (χ2v) is 7.09. The number of benzene rings is 2. The molecular weight excluding hydrogens is 395 g/mol. The highest BCUT2D eigenvalue weighted by Gasteiger charge is 2.12. The standard InChI is InChI=1S/C22H22Cl2N2O2/c1-2-3-4-5-12-28-21-11-8-19(24)14-16(21)13-17(15-25)22(27)26-20-9-6-18(23)7-10-20/h6-11,13-14H,2-5,12H2,1H3,(H,26,27)/b17-13-. The highest BCUT2D eigenvalue weighted by atomic mass is 35.5. The molecule has 0 fully saturated rings. The van der Waals surface area contributed by atoms with Gasteiger partial charge in [0.25, 0.3) is 5.91 Å². The van der Waals surface area contributed by atoms with Gasteiger partial charge in [-0.1, -0.05) is 49.4 Å². The number of nitrogens with zero attached hydrogens (tertiary/aromatic N) is 1. The van der Waals surface area contributed by atoms with Crippen molar-refractivity contribution in [1.82, 2.24) is 0 Å². The molecule has 0 saturated heterocycles. The monoisotopic (exact) mass is 416 g/mol. The first kappa shape index (κ1) is 21.8. The Kier molecular flexibility index (Phi) is 8.87. The van der Waals surface area contributed by atoms with Gasteiger partial charge in [0.15, 0.2) is 0 Å². The molecule has 6 heteroatoms. The van der Waals surface area contributed by atoms with Gasteiger partial charge in [0.05, 0.1) is 6.61 Å². The van der Waals surface area contributed by atoms with Gasteiger partial charge in [-0.15, -0.1) is 0 Å². The van der Waals surface area contributed by atoms with Crippen molar-refractivity contribution >= 4 is 40.9 Å². The summed E-state index contributed by atoms with van der Waals surface area (Å²) in [6.45, 7) is 2.72. The summed E-state index contributed by atoms with van der Waals surface area (Å²) in [5, 5.41) is 13.2. The van der Waals surface area contributed by atoms with Crippen molar-refractivity contribution < 1.29 is 9.53 Å². The van der Waals surface area contributed by atoms with Crippen molar-refractivity contribution in [3.05, 3.63) is 63.6 Å². The highest BCUT2D eigenvalue weighted by molar-refractivity contribution is 6.31. The molecule has 2 rings (SSSR count). The van der Waals surface area contributed by atoms with Crippen LogP contribution in [-0.4, -0.2) is 12.5 Å². The first-order valence-corrected chi connectivity index (χ1v) is 9.90. The van der Waals surface area contributed by atoms with Crippen LogP contribution in [-0.2, 0) is 4.79 Å². The molecule has 28 heavy (non-hydrogen) atoms. The minimum Gasteiger partial charge on any atom is -0.493 e. The Labute approximate surface area is 175 Å². The van der Waals surface area contributed by atoms with Crippen LogP contribution in [0.1, 0.15) is 38.2 Å². The number of amides is 1. The fourth-order valence-corrected chi connectivity index (χ4v) is 2.82. The maximum Gasteiger partial charge on any atom is 0.266 e. The average molecular weight is 417 g/mol. The molecule has 0 saturated carbocycles. The molecule has 1 amide bonds. The van der Waals surface area contributed by atoms with Crippen LogP contribution < -0.4 is 10.1 Å². The summed E-state index contributed by atoms with van der Waals surface area (Å²) in [6, 6.07) is 13.7. The molecule has 0 bridgehead atoms. The number of rotatable bonds is 9. The molecule has 0 aliphatic rings. The van der Waals surface area contributed by atoms with Crippen LogP contribution in [0.4, 0.5) is 5.69 Å². The SMILES string of the molecule is CCCCCCOc1ccc(Cl)cc1/C=C(/C#N)C(=O)Nc1ccc(Cl)cc1. The molecule has 2 aromatic rings. The third kappa shape index (κ3) is 6.92. The number of carbonyl (C=O) groups is 1. The lowest BCUT2D eigenvalue weighted by Crippen LogP contribution is -2.13. The van der Waals surface area contributed by atoms with E-state index in [0.717, 1.165) is 19.3 Å². The lowest BCUT2D eigenvalue weighted by atomic mass is 10.1. The molecule has 0 unspecified atom stereocenters. The quantitative estimate of drug-likeness (QED) is 0.288. The summed E-state index contributed by atoms with van der Waals surface area (Å²) in [4.78, 5) is 12.5. The maximum absolute atomic E-state index is 12.5. The van der Waals surface area contributed by atoms with E-state index >= 15 is 0 Å². The van der Waals surface area contributed by atoms with Gasteiger partial charge in [0.1, 0.15) is 17.4 Å². The molecule has 146 valence electrons. The Morgan fingerprint density at radius 1 is 1.11 bits per heavy atom. The number of carbonyl (C=O) groups excluding carboxylic acids is 1. The number of hydrogen-bond acceptors (Lipinski definition) is 3. The number of halogens is 2. The fourth-order valence-electron chi connectivity index (χ4n) is 2.51. The van der Waals surface area contributed by atoms with Crippen LogP contribution in [0.5, 0.6) is 5.75 Å². The smallest absolute Gasteiger partial charge is 0.266 e. The van der Waals surface area contributed by atoms with E-state index in [9.17, 15) is 10.1 Å². The lowest BCUT2D eigenvalue weighted by Gasteiger charge is -2.10. The molecule has 0 spiro atoms. The Balaban J connectivity index is 2.15. The Morgan fingerprint density at radius 3 is 2.50 bits per heavy atom. The summed E-state index contributed by atoms with van der Waals surface area (Å²) in [5.41, 5.74) is 1.09. The van der Waals surface area contributed by atoms with Gasteiger partial charge < -0.3 is 10.1 Å². The van der Waals surface area contributed by atoms with Crippen LogP contribution in [0, 0.1) is 11.3 Å². The van der Waals surface area contributed by atoms with Gasteiger partial charge in [0, 0.05) is 21.3 Å². The number of hydrogen-bond donors (Lipinski definition) is 1. The van der Waals surface area contributed by atoms with Crippen molar-refractivity contribution in [2.24, 2.45) is 0 Å². The van der Waals surface area contributed by atoms with Gasteiger partial charge in [0.2, 0.25) is 0 Å². The second-order valence-electron chi connectivity index (χ2n) is 6.22. The van der Waals surface area contributed by atoms with Crippen LogP contribution in [0.2, 0.25) is 10.0 Å². The third-order valence-corrected chi connectivity index (χ3v) is 4.48. The minimum atomic E-state index is -0.515. The molecule has 0 atom stereocenters. The average Bonchev–Trinajstić information content (AvgIpc) is 2.69. The summed E-state index contributed by atoms with van der Waals surface area (Å²) >= 11 is 11.9. The molecule has 1 N–H and O–H groups in total. The van der Waals surface area contributed by atoms with Gasteiger partial charge in [-0.3, -0.25) is 4.79 Å². The van der Waals surface area contributed by atoms with Crippen molar-refractivity contribution in [2.75, 3.05) is 11.9 Å². The molecular formula is C22H22Cl2N2O2. The predicted octanol–water partition coefficient (Wildman–Crippen LogP) is 6.50. The summed E-state index contributed by atoms with van der Waals surface area (Å²) in [5.74, 6) is 0.0756. The van der Waals surface area contributed by atoms with E-state index in [1.54, 1.807) is 42.5 Å². The number of unbranched alkanes of at least 4 members (excludes halogenated alkanes) is 3. The number of anilines is 1. The van der Waals surface area contributed by atoms with E-state index in [1.807, 2.05) is 6.07 Å². The molecule has 4 nitrogen and oxygen atoms in total. The zero-order chi connectivity index (χ0) is 20.4. The van der Waals surface area contributed by atoms with Gasteiger partial charge >= 0.3 is 0 Å². The molecule has 0 aliphatic heterocycles. The van der Waals surface area contributed by atoms with Crippen molar-refractivity contribution in [1.29, 1.82) is 5.26 Å². The van der Waals surface area contributed by atoms with Gasteiger partial charge in [-0.05, 0) is 55.0 Å². The predicted molar refractivity (Wildman–Crippen MR) is 115 cm³/mol. The number of ether oxygens (including phenoxy) is 1. The second kappa shape index (κ2) is 11.4. The van der Waals surface area contributed by atoms with Crippen LogP contribution in [0.15, 0.2) is 48.0 Å². The topological polar surface area (TPSA) is 62.1 Å². The van der Waals surface area contributed by atoms with E-state index in [4.69, 9.17) is 27.9 Å². The zero-order valence-electron chi connectivity index (χ0n) is 15.7. The van der Waals surface area contributed by atoms with Gasteiger partial charge in [-0.25, -0.2) is 0 Å². The highest BCUT2D eigenvalue weighted by Crippen LogP contribution is 2.26. The van der Waals surface area contributed by atoms with Crippen LogP contribution in [0.25, 0.3) is 6.08 Å². The first-order valence-electron chi connectivity index (χ1n) is 9.14. The minimum absolute atomic E-state index is 0.0481. The van der Waals surface area contributed by atoms with E-state index in [1.165, 1.54) is 12.5 Å². The molecule has 0 aromatic heterocycles. The van der Waals surface area contributed by atoms with E-state index in [0.29, 0.717) is 33.7 Å². The molecule has 2 aromatic carbocycles. The lowest BCUT2D eigenvalue weighted by molar-refractivity contribution is -0.112. The summed E-state index contributed by atoms with van der Waals surface area (Å²) in [6.07, 6.45) is 5.85. The summed E-state index contributed by atoms with van der Waals surface area (Å²) < 4.78 is 5.84. The van der Waals surface area contributed by atoms with Crippen LogP contribution >= 0.6 is 23.2 Å². The third-order valence-electron chi connectivity index (χ3n) is 3.99. The van der Waals surface area contributed by atoms with Crippen molar-refractivity contribution in [3.63, 3.8) is 0 Å². The largest absolute Gasteiger partial charge is 0.493 e. The number of nitrogens with one attached hydrogen (secondary N) is 1. The van der Waals surface area contributed by atoms with E-state index in [-0.39, 0.29) is 5.57 Å². The Hall–Kier alpha value is -2.48. The Bertz CT molecular complexity index is 871. The number of nitriles is 1. The van der Waals surface area contributed by atoms with E-state index in [2.05, 4.69) is 12.2 Å².